The lowest BCUT2D eigenvalue weighted by molar-refractivity contribution is 0.210. The van der Waals surface area contributed by atoms with Crippen LogP contribution in [0.25, 0.3) is 11.1 Å². The Labute approximate surface area is 215 Å². The van der Waals surface area contributed by atoms with Gasteiger partial charge in [0.15, 0.2) is 0 Å². The number of nitrogens with zero attached hydrogens (tertiary/aromatic N) is 1. The molecule has 0 heterocycles. The zero-order chi connectivity index (χ0) is 25.2. The Balaban J connectivity index is 1.52. The van der Waals surface area contributed by atoms with Gasteiger partial charge in [-0.25, -0.2) is 0 Å². The van der Waals surface area contributed by atoms with Crippen LogP contribution in [0.2, 0.25) is 0 Å². The maximum absolute atomic E-state index is 10.2. The lowest BCUT2D eigenvalue weighted by Crippen LogP contribution is -2.27. The molecule has 0 spiro atoms. The van der Waals surface area contributed by atoms with Crippen molar-refractivity contribution in [3.63, 3.8) is 0 Å². The number of benzene rings is 4. The first-order valence-electron chi connectivity index (χ1n) is 12.8. The smallest absolute Gasteiger partial charge is 0.119 e. The number of rotatable bonds is 11. The van der Waals surface area contributed by atoms with Crippen LogP contribution >= 0.6 is 0 Å². The minimum Gasteiger partial charge on any atom is -0.508 e. The van der Waals surface area contributed by atoms with Crippen LogP contribution in [-0.4, -0.2) is 29.7 Å². The number of phenols is 1. The third-order valence-electron chi connectivity index (χ3n) is 6.43. The van der Waals surface area contributed by atoms with Crippen molar-refractivity contribution in [3.8, 4) is 11.5 Å². The molecule has 0 aliphatic heterocycles. The largest absolute Gasteiger partial charge is 0.508 e. The fraction of sp³-hybridized carbons (Fsp3) is 0.212. The Kier molecular flexibility index (Phi) is 8.96. The number of allylic oxidation sites excluding steroid dienone is 1. The van der Waals surface area contributed by atoms with Gasteiger partial charge in [-0.1, -0.05) is 98.8 Å². The molecule has 0 fully saturated rings. The van der Waals surface area contributed by atoms with E-state index in [1.165, 1.54) is 16.7 Å². The van der Waals surface area contributed by atoms with Gasteiger partial charge in [-0.3, -0.25) is 4.90 Å². The molecule has 0 saturated carbocycles. The average molecular weight is 478 g/mol. The van der Waals surface area contributed by atoms with Crippen molar-refractivity contribution in [2.75, 3.05) is 19.7 Å². The van der Waals surface area contributed by atoms with Gasteiger partial charge in [0.25, 0.3) is 0 Å². The Morgan fingerprint density at radius 3 is 2.03 bits per heavy atom. The van der Waals surface area contributed by atoms with Crippen LogP contribution < -0.4 is 4.74 Å². The third kappa shape index (κ3) is 6.65. The molecule has 0 atom stereocenters. The van der Waals surface area contributed by atoms with Gasteiger partial charge in [0.1, 0.15) is 18.1 Å². The highest BCUT2D eigenvalue weighted by Crippen LogP contribution is 2.36. The lowest BCUT2D eigenvalue weighted by Gasteiger charge is -2.21. The van der Waals surface area contributed by atoms with Crippen LogP contribution in [0, 0.1) is 0 Å². The predicted molar refractivity (Wildman–Crippen MR) is 150 cm³/mol. The van der Waals surface area contributed by atoms with E-state index in [1.807, 2.05) is 30.3 Å². The van der Waals surface area contributed by atoms with Gasteiger partial charge in [-0.2, -0.15) is 0 Å². The predicted octanol–water partition coefficient (Wildman–Crippen LogP) is 7.66. The van der Waals surface area contributed by atoms with E-state index in [1.54, 1.807) is 6.07 Å². The number of aromatic hydroxyl groups is 1. The minimum atomic E-state index is 0.268. The maximum atomic E-state index is 10.2. The summed E-state index contributed by atoms with van der Waals surface area (Å²) in [7, 11) is 0. The second-order valence-electron chi connectivity index (χ2n) is 8.85. The molecule has 3 heteroatoms. The van der Waals surface area contributed by atoms with Crippen molar-refractivity contribution in [2.24, 2.45) is 0 Å². The number of phenolic OH excluding ortho intramolecular Hbond substituents is 1. The summed E-state index contributed by atoms with van der Waals surface area (Å²) < 4.78 is 6.11. The topological polar surface area (TPSA) is 32.7 Å². The number of hydrogen-bond acceptors (Lipinski definition) is 3. The molecule has 0 saturated heterocycles. The van der Waals surface area contributed by atoms with Gasteiger partial charge < -0.3 is 9.84 Å². The summed E-state index contributed by atoms with van der Waals surface area (Å²) in [6.45, 7) is 7.78. The molecule has 4 rings (SSSR count). The van der Waals surface area contributed by atoms with Crippen molar-refractivity contribution in [2.45, 2.75) is 26.8 Å². The SMILES string of the molecule is CC/C(=C(/c1ccc(OCCN(CC)Cc2ccccc2)cc1)c1cccc(O)c1)c1ccccc1. The molecule has 0 aliphatic carbocycles. The molecule has 36 heavy (non-hydrogen) atoms. The molecule has 1 N–H and O–H groups in total. The zero-order valence-electron chi connectivity index (χ0n) is 21.2. The molecule has 4 aromatic carbocycles. The number of hydrogen-bond donors (Lipinski definition) is 1. The van der Waals surface area contributed by atoms with Crippen molar-refractivity contribution < 1.29 is 9.84 Å². The first-order valence-corrected chi connectivity index (χ1v) is 12.8. The Morgan fingerprint density at radius 1 is 0.722 bits per heavy atom. The van der Waals surface area contributed by atoms with E-state index in [2.05, 4.69) is 91.5 Å². The fourth-order valence-corrected chi connectivity index (χ4v) is 4.54. The summed E-state index contributed by atoms with van der Waals surface area (Å²) in [4.78, 5) is 2.39. The van der Waals surface area contributed by atoms with E-state index in [0.29, 0.717) is 6.61 Å². The summed E-state index contributed by atoms with van der Waals surface area (Å²) in [5.41, 5.74) is 6.99. The molecule has 0 unspecified atom stereocenters. The highest BCUT2D eigenvalue weighted by Gasteiger charge is 2.14. The van der Waals surface area contributed by atoms with Gasteiger partial charge >= 0.3 is 0 Å². The normalized spacial score (nSPS) is 11.9. The quantitative estimate of drug-likeness (QED) is 0.225. The van der Waals surface area contributed by atoms with Crippen molar-refractivity contribution >= 4 is 11.1 Å². The summed E-state index contributed by atoms with van der Waals surface area (Å²) in [6, 6.07) is 36.9. The van der Waals surface area contributed by atoms with E-state index < -0.39 is 0 Å². The summed E-state index contributed by atoms with van der Waals surface area (Å²) in [5, 5.41) is 10.2. The van der Waals surface area contributed by atoms with Gasteiger partial charge in [-0.05, 0) is 70.6 Å². The Hall–Kier alpha value is -3.82. The van der Waals surface area contributed by atoms with Crippen LogP contribution in [0.1, 0.15) is 42.5 Å². The summed E-state index contributed by atoms with van der Waals surface area (Å²) in [5.74, 6) is 1.13. The van der Waals surface area contributed by atoms with E-state index in [0.717, 1.165) is 48.5 Å². The van der Waals surface area contributed by atoms with E-state index >= 15 is 0 Å². The molecular formula is C33H35NO2. The van der Waals surface area contributed by atoms with Crippen molar-refractivity contribution in [1.82, 2.24) is 4.90 Å². The van der Waals surface area contributed by atoms with Crippen molar-refractivity contribution in [1.29, 1.82) is 0 Å². The second kappa shape index (κ2) is 12.8. The average Bonchev–Trinajstić information content (AvgIpc) is 2.92. The first-order chi connectivity index (χ1) is 17.7. The molecule has 0 radical (unpaired) electrons. The molecule has 0 amide bonds. The maximum Gasteiger partial charge on any atom is 0.119 e. The van der Waals surface area contributed by atoms with Crippen LogP contribution in [0.15, 0.2) is 109 Å². The standard InChI is InChI=1S/C33H35NO2/c1-3-32(27-14-9-6-10-15-27)33(29-16-11-17-30(35)24-29)28-18-20-31(21-19-28)36-23-22-34(4-2)25-26-12-7-5-8-13-26/h5-21,24,35H,3-4,22-23,25H2,1-2H3/b33-32+. The molecule has 3 nitrogen and oxygen atoms in total. The second-order valence-corrected chi connectivity index (χ2v) is 8.85. The number of ether oxygens (including phenoxy) is 1. The Morgan fingerprint density at radius 2 is 1.39 bits per heavy atom. The molecule has 0 aliphatic rings. The van der Waals surface area contributed by atoms with Gasteiger partial charge in [0.2, 0.25) is 0 Å². The number of likely N-dealkylation sites (N-methyl/N-ethyl adjacent to an activating group) is 1. The monoisotopic (exact) mass is 477 g/mol. The van der Waals surface area contributed by atoms with E-state index in [-0.39, 0.29) is 5.75 Å². The van der Waals surface area contributed by atoms with Gasteiger partial charge in [0, 0.05) is 13.1 Å². The summed E-state index contributed by atoms with van der Waals surface area (Å²) >= 11 is 0. The van der Waals surface area contributed by atoms with E-state index in [9.17, 15) is 5.11 Å². The Bertz CT molecular complexity index is 1250. The molecule has 184 valence electrons. The molecule has 4 aromatic rings. The van der Waals surface area contributed by atoms with Crippen molar-refractivity contribution in [3.05, 3.63) is 131 Å². The zero-order valence-corrected chi connectivity index (χ0v) is 21.2. The van der Waals surface area contributed by atoms with Crippen LogP contribution in [0.4, 0.5) is 0 Å². The first kappa shape index (κ1) is 25.3. The fourth-order valence-electron chi connectivity index (χ4n) is 4.54. The van der Waals surface area contributed by atoms with Crippen LogP contribution in [0.3, 0.4) is 0 Å². The summed E-state index contributed by atoms with van der Waals surface area (Å²) in [6.07, 6.45) is 0.877. The lowest BCUT2D eigenvalue weighted by atomic mass is 9.88. The van der Waals surface area contributed by atoms with Gasteiger partial charge in [0.05, 0.1) is 0 Å². The van der Waals surface area contributed by atoms with E-state index in [4.69, 9.17) is 4.74 Å². The highest BCUT2D eigenvalue weighted by atomic mass is 16.5. The third-order valence-corrected chi connectivity index (χ3v) is 6.43. The molecule has 0 bridgehead atoms. The van der Waals surface area contributed by atoms with Crippen LogP contribution in [-0.2, 0) is 6.54 Å². The van der Waals surface area contributed by atoms with Gasteiger partial charge in [-0.15, -0.1) is 0 Å². The highest BCUT2D eigenvalue weighted by molar-refractivity contribution is 5.98. The molecular weight excluding hydrogens is 442 g/mol. The van der Waals surface area contributed by atoms with Crippen LogP contribution in [0.5, 0.6) is 11.5 Å². The minimum absolute atomic E-state index is 0.268. The molecule has 0 aromatic heterocycles.